The number of benzene rings is 2. The second-order valence-electron chi connectivity index (χ2n) is 7.57. The van der Waals surface area contributed by atoms with Gasteiger partial charge in [0, 0.05) is 31.4 Å². The minimum atomic E-state index is -0.356. The van der Waals surface area contributed by atoms with E-state index < -0.39 is 0 Å². The van der Waals surface area contributed by atoms with Crippen LogP contribution < -0.4 is 9.80 Å². The van der Waals surface area contributed by atoms with Crippen molar-refractivity contribution in [2.45, 2.75) is 18.9 Å². The van der Waals surface area contributed by atoms with Crippen molar-refractivity contribution < 1.29 is 4.39 Å². The summed E-state index contributed by atoms with van der Waals surface area (Å²) in [5.74, 6) is 1.12. The van der Waals surface area contributed by atoms with Gasteiger partial charge >= 0.3 is 0 Å². The van der Waals surface area contributed by atoms with E-state index in [-0.39, 0.29) is 11.9 Å². The summed E-state index contributed by atoms with van der Waals surface area (Å²) in [6.07, 6.45) is 4.02. The average molecular weight is 373 g/mol. The topological polar surface area (TPSA) is 56.1 Å². The molecule has 0 saturated carbocycles. The van der Waals surface area contributed by atoms with Crippen LogP contribution in [0.4, 0.5) is 15.9 Å². The van der Waals surface area contributed by atoms with Crippen molar-refractivity contribution in [3.63, 3.8) is 0 Å². The molecule has 0 bridgehead atoms. The first-order valence-electron chi connectivity index (χ1n) is 9.65. The zero-order chi connectivity index (χ0) is 19.1. The molecule has 3 aromatic rings. The number of halogens is 1. The lowest BCUT2D eigenvalue weighted by Crippen LogP contribution is -2.48. The summed E-state index contributed by atoms with van der Waals surface area (Å²) < 4.78 is 14.0. The lowest BCUT2D eigenvalue weighted by atomic mass is 9.92. The molecule has 2 aliphatic rings. The zero-order valence-electron chi connectivity index (χ0n) is 15.4. The van der Waals surface area contributed by atoms with E-state index in [1.54, 1.807) is 6.07 Å². The third-order valence-electron chi connectivity index (χ3n) is 5.97. The maximum Gasteiger partial charge on any atom is 0.147 e. The van der Waals surface area contributed by atoms with E-state index in [2.05, 4.69) is 20.9 Å². The molecule has 5 nitrogen and oxygen atoms in total. The number of piperidine rings is 1. The summed E-state index contributed by atoms with van der Waals surface area (Å²) in [7, 11) is 0. The summed E-state index contributed by atoms with van der Waals surface area (Å²) in [5, 5.41) is 9.18. The predicted molar refractivity (Wildman–Crippen MR) is 107 cm³/mol. The number of para-hydroxylation sites is 2. The number of hydrogen-bond acceptors (Lipinski definition) is 5. The Morgan fingerprint density at radius 2 is 1.89 bits per heavy atom. The number of nitriles is 1. The molecule has 3 heterocycles. The maximum atomic E-state index is 14.0. The van der Waals surface area contributed by atoms with Crippen molar-refractivity contribution in [2.75, 3.05) is 29.4 Å². The molecule has 2 unspecified atom stereocenters. The Labute approximate surface area is 163 Å². The highest BCUT2D eigenvalue weighted by Gasteiger charge is 2.39. The molecule has 0 radical (unpaired) electrons. The van der Waals surface area contributed by atoms with E-state index in [0.29, 0.717) is 11.5 Å². The van der Waals surface area contributed by atoms with E-state index in [1.165, 1.54) is 12.1 Å². The van der Waals surface area contributed by atoms with Crippen LogP contribution >= 0.6 is 0 Å². The van der Waals surface area contributed by atoms with E-state index in [4.69, 9.17) is 4.98 Å². The van der Waals surface area contributed by atoms with Gasteiger partial charge in [0.2, 0.25) is 0 Å². The van der Waals surface area contributed by atoms with Gasteiger partial charge in [0.25, 0.3) is 0 Å². The number of fused-ring (bicyclic) bond motifs is 2. The lowest BCUT2D eigenvalue weighted by molar-refractivity contribution is 0.389. The van der Waals surface area contributed by atoms with Crippen LogP contribution in [0.3, 0.4) is 0 Å². The Bertz CT molecular complexity index is 1080. The molecule has 0 aliphatic carbocycles. The van der Waals surface area contributed by atoms with Crippen LogP contribution in [-0.4, -0.2) is 35.6 Å². The zero-order valence-corrected chi connectivity index (χ0v) is 15.4. The fourth-order valence-electron chi connectivity index (χ4n) is 4.57. The van der Waals surface area contributed by atoms with Crippen molar-refractivity contribution in [2.24, 2.45) is 5.92 Å². The van der Waals surface area contributed by atoms with Gasteiger partial charge in [-0.2, -0.15) is 5.26 Å². The Hall–Kier alpha value is -3.20. The summed E-state index contributed by atoms with van der Waals surface area (Å²) in [6.45, 7) is 2.67. The quantitative estimate of drug-likeness (QED) is 0.685. The first-order chi connectivity index (χ1) is 13.7. The molecule has 2 saturated heterocycles. The maximum absolute atomic E-state index is 14.0. The van der Waals surface area contributed by atoms with Crippen molar-refractivity contribution in [1.82, 2.24) is 9.97 Å². The fourth-order valence-corrected chi connectivity index (χ4v) is 4.57. The summed E-state index contributed by atoms with van der Waals surface area (Å²) >= 11 is 0. The van der Waals surface area contributed by atoms with Crippen molar-refractivity contribution >= 4 is 22.5 Å². The number of anilines is 2. The van der Waals surface area contributed by atoms with Crippen LogP contribution in [0.25, 0.3) is 11.0 Å². The molecule has 1 aromatic heterocycles. The van der Waals surface area contributed by atoms with Crippen LogP contribution in [0.1, 0.15) is 18.4 Å². The first-order valence-corrected chi connectivity index (χ1v) is 9.65. The highest BCUT2D eigenvalue weighted by Crippen LogP contribution is 2.36. The van der Waals surface area contributed by atoms with Crippen LogP contribution in [0, 0.1) is 23.1 Å². The van der Waals surface area contributed by atoms with E-state index in [0.717, 1.165) is 55.0 Å². The first kappa shape index (κ1) is 16.9. The Kier molecular flexibility index (Phi) is 4.09. The Morgan fingerprint density at radius 1 is 1.07 bits per heavy atom. The molecule has 28 heavy (non-hydrogen) atoms. The molecular weight excluding hydrogens is 353 g/mol. The van der Waals surface area contributed by atoms with Gasteiger partial charge in [0.15, 0.2) is 0 Å². The van der Waals surface area contributed by atoms with E-state index in [9.17, 15) is 9.65 Å². The van der Waals surface area contributed by atoms with Crippen LogP contribution in [-0.2, 0) is 0 Å². The molecule has 2 fully saturated rings. The normalized spacial score (nSPS) is 21.6. The van der Waals surface area contributed by atoms with Gasteiger partial charge in [0.05, 0.1) is 28.9 Å². The highest BCUT2D eigenvalue weighted by atomic mass is 19.1. The molecule has 2 atom stereocenters. The molecule has 5 rings (SSSR count). The van der Waals surface area contributed by atoms with Gasteiger partial charge in [-0.05, 0) is 49.1 Å². The standard InChI is InChI=1S/C22H20FN5/c23-17-9-15(12-24)10-18(11-17)28-8-6-16-5-7-27(14-21(16)28)22-13-25-19-3-1-2-4-20(19)26-22/h1-4,9-11,13,16,21H,5-8,14H2. The summed E-state index contributed by atoms with van der Waals surface area (Å²) in [5.41, 5.74) is 2.96. The third kappa shape index (κ3) is 2.93. The largest absolute Gasteiger partial charge is 0.366 e. The smallest absolute Gasteiger partial charge is 0.147 e. The van der Waals surface area contributed by atoms with Crippen molar-refractivity contribution in [3.8, 4) is 6.07 Å². The molecule has 0 spiro atoms. The minimum absolute atomic E-state index is 0.287. The number of hydrogen-bond donors (Lipinski definition) is 0. The van der Waals surface area contributed by atoms with Crippen LogP contribution in [0.5, 0.6) is 0 Å². The predicted octanol–water partition coefficient (Wildman–Crippen LogP) is 3.75. The number of rotatable bonds is 2. The molecule has 2 aromatic carbocycles. The molecule has 0 amide bonds. The second-order valence-corrected chi connectivity index (χ2v) is 7.57. The number of aromatic nitrogens is 2. The Morgan fingerprint density at radius 3 is 2.75 bits per heavy atom. The lowest BCUT2D eigenvalue weighted by Gasteiger charge is -2.39. The summed E-state index contributed by atoms with van der Waals surface area (Å²) in [6, 6.07) is 14.9. The van der Waals surface area contributed by atoms with Gasteiger partial charge in [-0.25, -0.2) is 9.37 Å². The molecule has 0 N–H and O–H groups in total. The molecule has 140 valence electrons. The van der Waals surface area contributed by atoms with Gasteiger partial charge < -0.3 is 9.80 Å². The van der Waals surface area contributed by atoms with Crippen LogP contribution in [0.15, 0.2) is 48.7 Å². The third-order valence-corrected chi connectivity index (χ3v) is 5.97. The van der Waals surface area contributed by atoms with E-state index in [1.807, 2.05) is 30.5 Å². The second kappa shape index (κ2) is 6.75. The Balaban J connectivity index is 1.43. The highest BCUT2D eigenvalue weighted by molar-refractivity contribution is 5.75. The molecular formula is C22H20FN5. The average Bonchev–Trinajstić information content (AvgIpc) is 3.16. The molecule has 6 heteroatoms. The SMILES string of the molecule is N#Cc1cc(F)cc(N2CCC3CCN(c4cnc5ccccc5n4)CC32)c1. The monoisotopic (exact) mass is 373 g/mol. The van der Waals surface area contributed by atoms with Gasteiger partial charge in [-0.3, -0.25) is 4.98 Å². The van der Waals surface area contributed by atoms with Gasteiger partial charge in [0.1, 0.15) is 11.6 Å². The summed E-state index contributed by atoms with van der Waals surface area (Å²) in [4.78, 5) is 13.9. The van der Waals surface area contributed by atoms with Crippen molar-refractivity contribution in [1.29, 1.82) is 5.26 Å². The minimum Gasteiger partial charge on any atom is -0.366 e. The van der Waals surface area contributed by atoms with E-state index >= 15 is 0 Å². The van der Waals surface area contributed by atoms with Gasteiger partial charge in [-0.1, -0.05) is 12.1 Å². The number of nitrogens with zero attached hydrogens (tertiary/aromatic N) is 5. The van der Waals surface area contributed by atoms with Crippen molar-refractivity contribution in [3.05, 3.63) is 60.0 Å². The van der Waals surface area contributed by atoms with Crippen LogP contribution in [0.2, 0.25) is 0 Å². The molecule has 2 aliphatic heterocycles. The van der Waals surface area contributed by atoms with Gasteiger partial charge in [-0.15, -0.1) is 0 Å². The fraction of sp³-hybridized carbons (Fsp3) is 0.318.